The molecular weight excluding hydrogens is 228 g/mol. The van der Waals surface area contributed by atoms with E-state index in [1.54, 1.807) is 0 Å². The zero-order chi connectivity index (χ0) is 12.7. The first-order valence-electron chi connectivity index (χ1n) is 6.16. The Labute approximate surface area is 110 Å². The molecule has 2 nitrogen and oxygen atoms in total. The largest absolute Gasteiger partial charge is 0.392 e. The van der Waals surface area contributed by atoms with Crippen LogP contribution in [0.4, 0.5) is 0 Å². The summed E-state index contributed by atoms with van der Waals surface area (Å²) >= 11 is 4.97. The van der Waals surface area contributed by atoms with Gasteiger partial charge in [-0.1, -0.05) is 42.5 Å². The van der Waals surface area contributed by atoms with E-state index in [-0.39, 0.29) is 0 Å². The maximum Gasteiger partial charge on any atom is 0.0870 e. The molecule has 0 saturated carbocycles. The number of aryl methyl sites for hydroxylation is 1. The fourth-order valence-corrected chi connectivity index (χ4v) is 2.02. The van der Waals surface area contributed by atoms with Gasteiger partial charge in [0.1, 0.15) is 0 Å². The number of rotatable bonds is 7. The first-order valence-corrected chi connectivity index (χ1v) is 6.56. The minimum absolute atomic E-state index is 0.493. The molecule has 0 heterocycles. The van der Waals surface area contributed by atoms with E-state index in [2.05, 4.69) is 49.1 Å². The highest BCUT2D eigenvalue weighted by Gasteiger charge is 2.09. The molecule has 0 bridgehead atoms. The molecule has 0 amide bonds. The lowest BCUT2D eigenvalue weighted by molar-refractivity contribution is 0.251. The number of thiocarbonyl (C=S) groups is 1. The van der Waals surface area contributed by atoms with Crippen LogP contribution in [0.25, 0.3) is 0 Å². The molecule has 0 radical (unpaired) electrons. The minimum atomic E-state index is 0.493. The van der Waals surface area contributed by atoms with Crippen molar-refractivity contribution in [2.75, 3.05) is 13.1 Å². The van der Waals surface area contributed by atoms with Crippen LogP contribution in [0.1, 0.15) is 25.8 Å². The summed E-state index contributed by atoms with van der Waals surface area (Å²) in [7, 11) is 0. The number of hydrogen-bond acceptors (Lipinski definition) is 2. The second-order valence-corrected chi connectivity index (χ2v) is 5.14. The third-order valence-electron chi connectivity index (χ3n) is 2.84. The third kappa shape index (κ3) is 5.80. The zero-order valence-electron chi connectivity index (χ0n) is 10.7. The molecule has 17 heavy (non-hydrogen) atoms. The Kier molecular flexibility index (Phi) is 6.16. The van der Waals surface area contributed by atoms with E-state index >= 15 is 0 Å². The molecule has 0 saturated heterocycles. The fourth-order valence-electron chi connectivity index (χ4n) is 1.85. The Hall–Kier alpha value is -0.930. The Bertz CT molecular complexity index is 335. The van der Waals surface area contributed by atoms with Gasteiger partial charge in [-0.25, -0.2) is 0 Å². The summed E-state index contributed by atoms with van der Waals surface area (Å²) < 4.78 is 0. The van der Waals surface area contributed by atoms with Gasteiger partial charge in [0.05, 0.1) is 4.99 Å². The average molecular weight is 250 g/mol. The summed E-state index contributed by atoms with van der Waals surface area (Å²) in [5.74, 6) is 0. The van der Waals surface area contributed by atoms with E-state index in [0.717, 1.165) is 25.9 Å². The number of nitrogens with two attached hydrogens (primary N) is 1. The molecule has 0 aliphatic carbocycles. The van der Waals surface area contributed by atoms with Gasteiger partial charge < -0.3 is 5.73 Å². The van der Waals surface area contributed by atoms with Gasteiger partial charge in [0, 0.05) is 12.6 Å². The van der Waals surface area contributed by atoms with Gasteiger partial charge in [-0.05, 0) is 38.8 Å². The highest BCUT2D eigenvalue weighted by atomic mass is 32.1. The van der Waals surface area contributed by atoms with Crippen molar-refractivity contribution in [3.63, 3.8) is 0 Å². The van der Waals surface area contributed by atoms with Crippen LogP contribution in [0.3, 0.4) is 0 Å². The van der Waals surface area contributed by atoms with Crippen LogP contribution in [0.15, 0.2) is 30.3 Å². The van der Waals surface area contributed by atoms with Crippen molar-refractivity contribution >= 4 is 17.2 Å². The maximum absolute atomic E-state index is 5.60. The van der Waals surface area contributed by atoms with Crippen LogP contribution in [0, 0.1) is 0 Å². The summed E-state index contributed by atoms with van der Waals surface area (Å²) in [5.41, 5.74) is 7.00. The molecule has 0 aliphatic heterocycles. The summed E-state index contributed by atoms with van der Waals surface area (Å²) in [6.45, 7) is 6.13. The topological polar surface area (TPSA) is 29.3 Å². The molecule has 94 valence electrons. The summed E-state index contributed by atoms with van der Waals surface area (Å²) in [6.07, 6.45) is 2.26. The molecule has 0 atom stereocenters. The quantitative estimate of drug-likeness (QED) is 0.754. The van der Waals surface area contributed by atoms with Crippen LogP contribution >= 0.6 is 12.2 Å². The second-order valence-electron chi connectivity index (χ2n) is 4.62. The molecular formula is C14H22N2S. The zero-order valence-corrected chi connectivity index (χ0v) is 11.5. The van der Waals surface area contributed by atoms with Gasteiger partial charge in [0.2, 0.25) is 0 Å². The molecule has 0 fully saturated rings. The number of nitrogens with zero attached hydrogens (tertiary/aromatic N) is 1. The third-order valence-corrected chi connectivity index (χ3v) is 2.97. The molecule has 0 spiro atoms. The van der Waals surface area contributed by atoms with E-state index in [0.29, 0.717) is 11.0 Å². The van der Waals surface area contributed by atoms with Gasteiger partial charge in [-0.2, -0.15) is 0 Å². The van der Waals surface area contributed by atoms with E-state index in [1.165, 1.54) is 5.56 Å². The predicted octanol–water partition coefficient (Wildman–Crippen LogP) is 2.62. The molecule has 1 aromatic carbocycles. The van der Waals surface area contributed by atoms with Crippen molar-refractivity contribution < 1.29 is 0 Å². The molecule has 1 rings (SSSR count). The molecule has 3 heteroatoms. The predicted molar refractivity (Wildman–Crippen MR) is 78.3 cm³/mol. The van der Waals surface area contributed by atoms with Crippen molar-refractivity contribution in [3.05, 3.63) is 35.9 Å². The van der Waals surface area contributed by atoms with Crippen LogP contribution in [0.5, 0.6) is 0 Å². The van der Waals surface area contributed by atoms with E-state index in [9.17, 15) is 0 Å². The summed E-state index contributed by atoms with van der Waals surface area (Å²) in [6, 6.07) is 11.1. The average Bonchev–Trinajstić information content (AvgIpc) is 2.28. The van der Waals surface area contributed by atoms with Crippen molar-refractivity contribution in [2.24, 2.45) is 5.73 Å². The van der Waals surface area contributed by atoms with Crippen LogP contribution in [0.2, 0.25) is 0 Å². The smallest absolute Gasteiger partial charge is 0.0870 e. The van der Waals surface area contributed by atoms with Crippen LogP contribution in [-0.4, -0.2) is 29.0 Å². The van der Waals surface area contributed by atoms with Gasteiger partial charge in [0.25, 0.3) is 0 Å². The highest BCUT2D eigenvalue weighted by molar-refractivity contribution is 7.80. The van der Waals surface area contributed by atoms with Gasteiger partial charge >= 0.3 is 0 Å². The van der Waals surface area contributed by atoms with Gasteiger partial charge in [0.15, 0.2) is 0 Å². The minimum Gasteiger partial charge on any atom is -0.392 e. The molecule has 0 aromatic heterocycles. The standard InChI is InChI=1S/C14H22N2S/c1-12(2)16(11-14(15)17)10-6-9-13-7-4-3-5-8-13/h3-5,7-8,12H,6,9-11H2,1-2H3,(H2,15,17). The van der Waals surface area contributed by atoms with Crippen molar-refractivity contribution in [1.29, 1.82) is 0 Å². The lowest BCUT2D eigenvalue weighted by atomic mass is 10.1. The van der Waals surface area contributed by atoms with Gasteiger partial charge in [-0.15, -0.1) is 0 Å². The maximum atomic E-state index is 5.60. The normalized spacial score (nSPS) is 11.1. The van der Waals surface area contributed by atoms with Crippen LogP contribution in [-0.2, 0) is 6.42 Å². The molecule has 1 aromatic rings. The monoisotopic (exact) mass is 250 g/mol. The SMILES string of the molecule is CC(C)N(CCCc1ccccc1)CC(N)=S. The highest BCUT2D eigenvalue weighted by Crippen LogP contribution is 2.05. The summed E-state index contributed by atoms with van der Waals surface area (Å²) in [5, 5.41) is 0. The molecule has 0 aliphatic rings. The molecule has 2 N–H and O–H groups in total. The lowest BCUT2D eigenvalue weighted by Crippen LogP contribution is -2.38. The van der Waals surface area contributed by atoms with E-state index < -0.39 is 0 Å². The Morgan fingerprint density at radius 3 is 2.47 bits per heavy atom. The van der Waals surface area contributed by atoms with Crippen LogP contribution < -0.4 is 5.73 Å². The van der Waals surface area contributed by atoms with Crippen molar-refractivity contribution in [3.8, 4) is 0 Å². The number of hydrogen-bond donors (Lipinski definition) is 1. The first-order chi connectivity index (χ1) is 8.09. The van der Waals surface area contributed by atoms with E-state index in [1.807, 2.05) is 0 Å². The van der Waals surface area contributed by atoms with Crippen molar-refractivity contribution in [1.82, 2.24) is 4.90 Å². The lowest BCUT2D eigenvalue weighted by Gasteiger charge is -2.25. The molecule has 0 unspecified atom stereocenters. The summed E-state index contributed by atoms with van der Waals surface area (Å²) in [4.78, 5) is 2.91. The Morgan fingerprint density at radius 1 is 1.29 bits per heavy atom. The van der Waals surface area contributed by atoms with E-state index in [4.69, 9.17) is 18.0 Å². The fraction of sp³-hybridized carbons (Fsp3) is 0.500. The Morgan fingerprint density at radius 2 is 1.94 bits per heavy atom. The second kappa shape index (κ2) is 7.41. The number of benzene rings is 1. The Balaban J connectivity index is 2.35. The van der Waals surface area contributed by atoms with Crippen molar-refractivity contribution in [2.45, 2.75) is 32.7 Å². The first kappa shape index (κ1) is 14.1. The van der Waals surface area contributed by atoms with Gasteiger partial charge in [-0.3, -0.25) is 4.90 Å².